The Bertz CT molecular complexity index is 339. The van der Waals surface area contributed by atoms with Crippen LogP contribution in [-0.2, 0) is 10.5 Å². The normalized spacial score (nSPS) is 14.1. The lowest BCUT2D eigenvalue weighted by molar-refractivity contribution is -0.120. The highest BCUT2D eigenvalue weighted by Crippen LogP contribution is 2.17. The third-order valence-electron chi connectivity index (χ3n) is 2.71. The molecule has 0 saturated heterocycles. The maximum Gasteiger partial charge on any atom is 0.233 e. The topological polar surface area (TPSA) is 29.1 Å². The van der Waals surface area contributed by atoms with Gasteiger partial charge in [-0.25, -0.2) is 0 Å². The van der Waals surface area contributed by atoms with Crippen LogP contribution < -0.4 is 5.32 Å². The van der Waals surface area contributed by atoms with E-state index in [0.29, 0.717) is 0 Å². The molecule has 17 heavy (non-hydrogen) atoms. The Balaban J connectivity index is 2.34. The number of amides is 1. The number of rotatable bonds is 6. The van der Waals surface area contributed by atoms with Gasteiger partial charge >= 0.3 is 0 Å². The van der Waals surface area contributed by atoms with E-state index in [1.807, 2.05) is 32.0 Å². The molecule has 0 heterocycles. The smallest absolute Gasteiger partial charge is 0.233 e. The molecule has 1 amide bonds. The Morgan fingerprint density at radius 3 is 2.53 bits per heavy atom. The first kappa shape index (κ1) is 14.1. The molecule has 0 aliphatic heterocycles. The van der Waals surface area contributed by atoms with Crippen molar-refractivity contribution in [1.82, 2.24) is 5.32 Å². The number of benzene rings is 1. The van der Waals surface area contributed by atoms with Crippen LogP contribution in [0.15, 0.2) is 30.3 Å². The van der Waals surface area contributed by atoms with Crippen molar-refractivity contribution in [3.05, 3.63) is 35.9 Å². The third kappa shape index (κ3) is 5.26. The molecule has 0 spiro atoms. The van der Waals surface area contributed by atoms with Crippen molar-refractivity contribution in [3.8, 4) is 0 Å². The predicted molar refractivity (Wildman–Crippen MR) is 75.1 cm³/mol. The zero-order chi connectivity index (χ0) is 12.7. The Kier molecular flexibility index (Phi) is 6.12. The van der Waals surface area contributed by atoms with Gasteiger partial charge in [0.1, 0.15) is 0 Å². The Labute approximate surface area is 108 Å². The molecule has 3 heteroatoms. The molecule has 1 rings (SSSR count). The molecule has 0 aromatic heterocycles. The lowest BCUT2D eigenvalue weighted by Gasteiger charge is -2.15. The van der Waals surface area contributed by atoms with Gasteiger partial charge in [-0.15, -0.1) is 11.8 Å². The number of hydrogen-bond donors (Lipinski definition) is 1. The van der Waals surface area contributed by atoms with Crippen molar-refractivity contribution in [2.45, 2.75) is 44.2 Å². The van der Waals surface area contributed by atoms with Gasteiger partial charge in [-0.3, -0.25) is 4.79 Å². The Hall–Kier alpha value is -0.960. The number of nitrogens with one attached hydrogen (secondary N) is 1. The molecular formula is C14H21NOS. The van der Waals surface area contributed by atoms with Crippen LogP contribution in [0.3, 0.4) is 0 Å². The first-order chi connectivity index (χ1) is 8.13. The molecule has 0 aliphatic carbocycles. The van der Waals surface area contributed by atoms with Gasteiger partial charge < -0.3 is 5.32 Å². The summed E-state index contributed by atoms with van der Waals surface area (Å²) in [4.78, 5) is 11.8. The molecule has 1 N–H and O–H groups in total. The molecule has 2 nitrogen and oxygen atoms in total. The highest BCUT2D eigenvalue weighted by molar-refractivity contribution is 7.99. The second-order valence-electron chi connectivity index (χ2n) is 4.26. The molecule has 0 bridgehead atoms. The van der Waals surface area contributed by atoms with E-state index < -0.39 is 0 Å². The van der Waals surface area contributed by atoms with Crippen LogP contribution in [0, 0.1) is 0 Å². The fraction of sp³-hybridized carbons (Fsp3) is 0.500. The minimum absolute atomic E-state index is 0.00389. The second kappa shape index (κ2) is 7.38. The molecule has 1 aromatic rings. The lowest BCUT2D eigenvalue weighted by atomic mass is 10.2. The zero-order valence-electron chi connectivity index (χ0n) is 10.8. The molecule has 1 aromatic carbocycles. The van der Waals surface area contributed by atoms with Gasteiger partial charge in [0.15, 0.2) is 0 Å². The molecular weight excluding hydrogens is 230 g/mol. The number of carbonyl (C=O) groups excluding carboxylic acids is 1. The maximum absolute atomic E-state index is 11.8. The summed E-state index contributed by atoms with van der Waals surface area (Å²) in [6.07, 6.45) is 0.974. The molecule has 94 valence electrons. The highest BCUT2D eigenvalue weighted by atomic mass is 32.2. The van der Waals surface area contributed by atoms with Gasteiger partial charge in [-0.1, -0.05) is 37.3 Å². The van der Waals surface area contributed by atoms with Gasteiger partial charge in [0, 0.05) is 11.8 Å². The van der Waals surface area contributed by atoms with E-state index in [9.17, 15) is 4.79 Å². The van der Waals surface area contributed by atoms with E-state index in [1.165, 1.54) is 5.56 Å². The van der Waals surface area contributed by atoms with Gasteiger partial charge in [0.2, 0.25) is 5.91 Å². The lowest BCUT2D eigenvalue weighted by Crippen LogP contribution is -2.37. The summed E-state index contributed by atoms with van der Waals surface area (Å²) in [5.74, 6) is 1.02. The molecule has 0 unspecified atom stereocenters. The van der Waals surface area contributed by atoms with Crippen molar-refractivity contribution in [2.75, 3.05) is 0 Å². The molecule has 0 saturated carbocycles. The van der Waals surface area contributed by atoms with Crippen LogP contribution in [0.4, 0.5) is 0 Å². The van der Waals surface area contributed by atoms with Gasteiger partial charge in [-0.2, -0.15) is 0 Å². The van der Waals surface area contributed by atoms with E-state index in [4.69, 9.17) is 0 Å². The van der Waals surface area contributed by atoms with E-state index in [2.05, 4.69) is 24.4 Å². The maximum atomic E-state index is 11.8. The average Bonchev–Trinajstić information content (AvgIpc) is 2.36. The Morgan fingerprint density at radius 2 is 1.94 bits per heavy atom. The minimum Gasteiger partial charge on any atom is -0.353 e. The zero-order valence-corrected chi connectivity index (χ0v) is 11.6. The van der Waals surface area contributed by atoms with Crippen molar-refractivity contribution < 1.29 is 4.79 Å². The van der Waals surface area contributed by atoms with Gasteiger partial charge in [-0.05, 0) is 25.8 Å². The molecule has 0 aliphatic rings. The summed E-state index contributed by atoms with van der Waals surface area (Å²) >= 11 is 1.68. The molecule has 2 atom stereocenters. The standard InChI is InChI=1S/C14H21NOS/c1-4-11(2)15-14(16)12(3)17-10-13-8-6-5-7-9-13/h5-9,11-12H,4,10H2,1-3H3,(H,15,16)/t11-,12-/m1/s1. The van der Waals surface area contributed by atoms with Crippen molar-refractivity contribution in [3.63, 3.8) is 0 Å². The van der Waals surface area contributed by atoms with Crippen molar-refractivity contribution >= 4 is 17.7 Å². The average molecular weight is 251 g/mol. The van der Waals surface area contributed by atoms with Crippen LogP contribution in [0.2, 0.25) is 0 Å². The molecule has 0 radical (unpaired) electrons. The monoisotopic (exact) mass is 251 g/mol. The van der Waals surface area contributed by atoms with E-state index in [0.717, 1.165) is 12.2 Å². The first-order valence-electron chi connectivity index (χ1n) is 6.09. The number of carbonyl (C=O) groups is 1. The van der Waals surface area contributed by atoms with Crippen LogP contribution in [0.5, 0.6) is 0 Å². The minimum atomic E-state index is 0.00389. The summed E-state index contributed by atoms with van der Waals surface area (Å²) in [6.45, 7) is 6.07. The van der Waals surface area contributed by atoms with Gasteiger partial charge in [0.05, 0.1) is 5.25 Å². The number of hydrogen-bond acceptors (Lipinski definition) is 2. The fourth-order valence-electron chi connectivity index (χ4n) is 1.33. The summed E-state index contributed by atoms with van der Waals surface area (Å²) < 4.78 is 0. The van der Waals surface area contributed by atoms with E-state index in [-0.39, 0.29) is 17.2 Å². The Morgan fingerprint density at radius 1 is 1.29 bits per heavy atom. The second-order valence-corrected chi connectivity index (χ2v) is 5.59. The van der Waals surface area contributed by atoms with Crippen LogP contribution in [0.25, 0.3) is 0 Å². The van der Waals surface area contributed by atoms with Crippen LogP contribution in [0.1, 0.15) is 32.8 Å². The number of thioether (sulfide) groups is 1. The van der Waals surface area contributed by atoms with Crippen molar-refractivity contribution in [1.29, 1.82) is 0 Å². The summed E-state index contributed by atoms with van der Waals surface area (Å²) in [6, 6.07) is 10.5. The third-order valence-corrected chi connectivity index (χ3v) is 3.93. The van der Waals surface area contributed by atoms with Crippen LogP contribution in [-0.4, -0.2) is 17.2 Å². The molecule has 0 fully saturated rings. The summed E-state index contributed by atoms with van der Waals surface area (Å²) in [5, 5.41) is 3.01. The predicted octanol–water partition coefficient (Wildman–Crippen LogP) is 3.22. The largest absolute Gasteiger partial charge is 0.353 e. The summed E-state index contributed by atoms with van der Waals surface area (Å²) in [7, 11) is 0. The fourth-order valence-corrected chi connectivity index (χ4v) is 2.19. The van der Waals surface area contributed by atoms with Crippen LogP contribution >= 0.6 is 11.8 Å². The summed E-state index contributed by atoms with van der Waals surface area (Å²) in [5.41, 5.74) is 1.26. The van der Waals surface area contributed by atoms with E-state index in [1.54, 1.807) is 11.8 Å². The van der Waals surface area contributed by atoms with Crippen molar-refractivity contribution in [2.24, 2.45) is 0 Å². The SMILES string of the molecule is CC[C@@H](C)NC(=O)[C@@H](C)SCc1ccccc1. The quantitative estimate of drug-likeness (QED) is 0.841. The first-order valence-corrected chi connectivity index (χ1v) is 7.14. The van der Waals surface area contributed by atoms with Gasteiger partial charge in [0.25, 0.3) is 0 Å². The highest BCUT2D eigenvalue weighted by Gasteiger charge is 2.14. The van der Waals surface area contributed by atoms with E-state index >= 15 is 0 Å².